The zero-order valence-electron chi connectivity index (χ0n) is 13.8. The molecule has 0 N–H and O–H groups in total. The average molecular weight is 313 g/mol. The number of nitrogens with zero attached hydrogens (tertiary/aromatic N) is 3. The molecule has 0 saturated carbocycles. The maximum absolute atomic E-state index is 12.3. The first-order valence-corrected chi connectivity index (χ1v) is 8.32. The van der Waals surface area contributed by atoms with Crippen LogP contribution in [0, 0.1) is 0 Å². The first-order chi connectivity index (χ1) is 11.2. The van der Waals surface area contributed by atoms with E-state index in [1.807, 2.05) is 33.7 Å². The number of rotatable bonds is 7. The van der Waals surface area contributed by atoms with Gasteiger partial charge in [0.15, 0.2) is 0 Å². The van der Waals surface area contributed by atoms with Crippen LogP contribution in [0.25, 0.3) is 11.3 Å². The van der Waals surface area contributed by atoms with E-state index < -0.39 is 0 Å². The molecule has 0 radical (unpaired) electrons. The van der Waals surface area contributed by atoms with Crippen LogP contribution in [0.5, 0.6) is 5.75 Å². The van der Waals surface area contributed by atoms with Crippen molar-refractivity contribution in [2.75, 3.05) is 13.2 Å². The second-order valence-corrected chi connectivity index (χ2v) is 5.83. The molecule has 1 aliphatic heterocycles. The lowest BCUT2D eigenvalue weighted by Gasteiger charge is -2.15. The number of hydrogen-bond acceptors (Lipinski definition) is 3. The summed E-state index contributed by atoms with van der Waals surface area (Å²) in [4.78, 5) is 18.5. The van der Waals surface area contributed by atoms with Crippen LogP contribution in [0.4, 0.5) is 0 Å². The van der Waals surface area contributed by atoms with Gasteiger partial charge in [0.1, 0.15) is 5.75 Å². The minimum Gasteiger partial charge on any atom is -0.494 e. The Morgan fingerprint density at radius 1 is 1.17 bits per heavy atom. The molecular weight excluding hydrogens is 290 g/mol. The Labute approximate surface area is 136 Å². The van der Waals surface area contributed by atoms with Crippen molar-refractivity contribution in [2.24, 2.45) is 0 Å². The van der Waals surface area contributed by atoms with Crippen LogP contribution in [0.15, 0.2) is 30.5 Å². The Balaban J connectivity index is 1.79. The first-order valence-electron chi connectivity index (χ1n) is 8.32. The van der Waals surface area contributed by atoms with Gasteiger partial charge in [0, 0.05) is 12.1 Å². The Morgan fingerprint density at radius 3 is 2.65 bits per heavy atom. The molecule has 0 bridgehead atoms. The first kappa shape index (κ1) is 15.6. The lowest BCUT2D eigenvalue weighted by atomic mass is 10.1. The Kier molecular flexibility index (Phi) is 4.65. The molecule has 0 aliphatic carbocycles. The Morgan fingerprint density at radius 2 is 1.96 bits per heavy atom. The van der Waals surface area contributed by atoms with Gasteiger partial charge < -0.3 is 14.2 Å². The van der Waals surface area contributed by atoms with Gasteiger partial charge >= 0.3 is 0 Å². The summed E-state index contributed by atoms with van der Waals surface area (Å²) in [5, 5.41) is 0. The largest absolute Gasteiger partial charge is 0.494 e. The molecule has 1 aromatic heterocycles. The summed E-state index contributed by atoms with van der Waals surface area (Å²) in [6.07, 6.45) is 4.88. The molecule has 23 heavy (non-hydrogen) atoms. The number of imidazole rings is 1. The topological polar surface area (TPSA) is 47.4 Å². The van der Waals surface area contributed by atoms with Gasteiger partial charge in [-0.3, -0.25) is 4.79 Å². The summed E-state index contributed by atoms with van der Waals surface area (Å²) in [7, 11) is 0. The maximum atomic E-state index is 12.3. The van der Waals surface area contributed by atoms with E-state index in [4.69, 9.17) is 4.74 Å². The van der Waals surface area contributed by atoms with Crippen LogP contribution < -0.4 is 4.74 Å². The van der Waals surface area contributed by atoms with E-state index in [-0.39, 0.29) is 5.91 Å². The van der Waals surface area contributed by atoms with Crippen LogP contribution in [0.1, 0.15) is 43.7 Å². The summed E-state index contributed by atoms with van der Waals surface area (Å²) >= 11 is 0. The molecule has 0 unspecified atom stereocenters. The van der Waals surface area contributed by atoms with E-state index >= 15 is 0 Å². The highest BCUT2D eigenvalue weighted by Gasteiger charge is 2.30. The molecule has 0 atom stereocenters. The molecule has 0 saturated heterocycles. The maximum Gasteiger partial charge on any atom is 0.291 e. The van der Waals surface area contributed by atoms with Gasteiger partial charge in [0.25, 0.3) is 5.91 Å². The number of unbranched alkanes of at least 4 members (excludes halogenated alkanes) is 1. The van der Waals surface area contributed by atoms with Crippen LogP contribution in [0.3, 0.4) is 0 Å². The van der Waals surface area contributed by atoms with Crippen LogP contribution in [0.2, 0.25) is 0 Å². The summed E-state index contributed by atoms with van der Waals surface area (Å²) in [6.45, 7) is 6.33. The molecule has 0 spiro atoms. The Hall–Kier alpha value is -2.30. The number of ether oxygens (including phenoxy) is 1. The van der Waals surface area contributed by atoms with Gasteiger partial charge in [-0.25, -0.2) is 4.98 Å². The molecule has 0 fully saturated rings. The normalized spacial score (nSPS) is 13.5. The van der Waals surface area contributed by atoms with Gasteiger partial charge in [-0.05, 0) is 37.1 Å². The van der Waals surface area contributed by atoms with Crippen molar-refractivity contribution >= 4 is 5.91 Å². The van der Waals surface area contributed by atoms with Crippen molar-refractivity contribution in [3.05, 3.63) is 36.3 Å². The number of benzene rings is 1. The highest BCUT2D eigenvalue weighted by Crippen LogP contribution is 2.27. The van der Waals surface area contributed by atoms with E-state index in [0.29, 0.717) is 12.5 Å². The van der Waals surface area contributed by atoms with E-state index in [1.54, 1.807) is 6.20 Å². The fourth-order valence-corrected chi connectivity index (χ4v) is 2.76. The van der Waals surface area contributed by atoms with Gasteiger partial charge in [0.05, 0.1) is 25.2 Å². The molecule has 122 valence electrons. The van der Waals surface area contributed by atoms with Gasteiger partial charge in [-0.1, -0.05) is 20.3 Å². The summed E-state index contributed by atoms with van der Waals surface area (Å²) in [5.41, 5.74) is 2.03. The lowest BCUT2D eigenvalue weighted by Crippen LogP contribution is -2.25. The van der Waals surface area contributed by atoms with E-state index in [0.717, 1.165) is 49.4 Å². The molecular formula is C18H23N3O2. The smallest absolute Gasteiger partial charge is 0.291 e. The fourth-order valence-electron chi connectivity index (χ4n) is 2.76. The second-order valence-electron chi connectivity index (χ2n) is 5.83. The number of amides is 1. The van der Waals surface area contributed by atoms with Crippen molar-refractivity contribution in [3.8, 4) is 17.0 Å². The highest BCUT2D eigenvalue weighted by molar-refractivity contribution is 5.93. The third-order valence-corrected chi connectivity index (χ3v) is 4.05. The molecule has 2 heterocycles. The molecule has 5 nitrogen and oxygen atoms in total. The molecule has 3 rings (SSSR count). The third kappa shape index (κ3) is 3.09. The predicted molar refractivity (Wildman–Crippen MR) is 89.4 cm³/mol. The third-order valence-electron chi connectivity index (χ3n) is 4.05. The monoisotopic (exact) mass is 313 g/mol. The molecule has 1 aliphatic rings. The zero-order chi connectivity index (χ0) is 16.2. The van der Waals surface area contributed by atoms with Crippen molar-refractivity contribution in [1.82, 2.24) is 14.5 Å². The van der Waals surface area contributed by atoms with Crippen LogP contribution >= 0.6 is 0 Å². The van der Waals surface area contributed by atoms with Crippen molar-refractivity contribution in [3.63, 3.8) is 0 Å². The molecule has 1 amide bonds. The quantitative estimate of drug-likeness (QED) is 0.785. The van der Waals surface area contributed by atoms with Gasteiger partial charge in [-0.15, -0.1) is 0 Å². The molecule has 2 aromatic rings. The van der Waals surface area contributed by atoms with E-state index in [1.165, 1.54) is 0 Å². The number of fused-ring (bicyclic) bond motifs is 1. The number of aromatic nitrogens is 2. The number of carbonyl (C=O) groups is 1. The van der Waals surface area contributed by atoms with Gasteiger partial charge in [-0.2, -0.15) is 0 Å². The minimum atomic E-state index is 0.0348. The van der Waals surface area contributed by atoms with Crippen LogP contribution in [-0.2, 0) is 6.67 Å². The fraction of sp³-hybridized carbons (Fsp3) is 0.444. The van der Waals surface area contributed by atoms with Gasteiger partial charge in [0.2, 0.25) is 5.82 Å². The Bertz CT molecular complexity index is 676. The summed E-state index contributed by atoms with van der Waals surface area (Å²) in [5.74, 6) is 1.45. The van der Waals surface area contributed by atoms with Crippen LogP contribution in [-0.4, -0.2) is 33.5 Å². The van der Waals surface area contributed by atoms with E-state index in [9.17, 15) is 4.79 Å². The van der Waals surface area contributed by atoms with Crippen molar-refractivity contribution < 1.29 is 9.53 Å². The standard InChI is InChI=1S/C18H23N3O2/c1-3-5-10-20-13-21-16(12-19-17(21)18(20)22)14-6-8-15(9-7-14)23-11-4-2/h6-9,12H,3-5,10-11,13H2,1-2H3. The average Bonchev–Trinajstić information content (AvgIpc) is 3.12. The van der Waals surface area contributed by atoms with Crippen molar-refractivity contribution in [1.29, 1.82) is 0 Å². The zero-order valence-corrected chi connectivity index (χ0v) is 13.8. The second kappa shape index (κ2) is 6.86. The summed E-state index contributed by atoms with van der Waals surface area (Å²) in [6, 6.07) is 7.98. The number of hydrogen-bond donors (Lipinski definition) is 0. The SMILES string of the molecule is CCCCN1Cn2c(-c3ccc(OCCC)cc3)cnc2C1=O. The summed E-state index contributed by atoms with van der Waals surface area (Å²) < 4.78 is 7.61. The molecule has 1 aromatic carbocycles. The van der Waals surface area contributed by atoms with E-state index in [2.05, 4.69) is 18.8 Å². The van der Waals surface area contributed by atoms with Crippen molar-refractivity contribution in [2.45, 2.75) is 39.8 Å². The highest BCUT2D eigenvalue weighted by atomic mass is 16.5. The minimum absolute atomic E-state index is 0.0348. The lowest BCUT2D eigenvalue weighted by molar-refractivity contribution is 0.0764. The molecule has 5 heteroatoms. The predicted octanol–water partition coefficient (Wildman–Crippen LogP) is 3.55. The number of carbonyl (C=O) groups excluding carboxylic acids is 1.